The minimum Gasteiger partial charge on any atom is -0.481 e. The second kappa shape index (κ2) is 6.06. The van der Waals surface area contributed by atoms with Crippen molar-refractivity contribution in [3.05, 3.63) is 0 Å². The first-order valence-electron chi connectivity index (χ1n) is 7.26. The first-order valence-corrected chi connectivity index (χ1v) is 7.26. The van der Waals surface area contributed by atoms with Crippen LogP contribution in [0.2, 0.25) is 0 Å². The molecule has 2 aliphatic rings. The van der Waals surface area contributed by atoms with Crippen molar-refractivity contribution in [2.45, 2.75) is 50.9 Å². The number of alkyl halides is 2. The third-order valence-corrected chi connectivity index (χ3v) is 4.46. The summed E-state index contributed by atoms with van der Waals surface area (Å²) in [6, 6.07) is 0. The maximum atomic E-state index is 13.1. The summed E-state index contributed by atoms with van der Waals surface area (Å²) in [6.45, 7) is 1.12. The topological polar surface area (TPSA) is 57.6 Å². The average molecular weight is 289 g/mol. The molecule has 0 aromatic heterocycles. The van der Waals surface area contributed by atoms with Gasteiger partial charge in [0.1, 0.15) is 0 Å². The summed E-state index contributed by atoms with van der Waals surface area (Å²) < 4.78 is 26.2. The van der Waals surface area contributed by atoms with Crippen LogP contribution in [0.3, 0.4) is 0 Å². The number of carboxylic acid groups (broad SMARTS) is 1. The number of aliphatic carboxylic acids is 1. The van der Waals surface area contributed by atoms with Gasteiger partial charge in [-0.2, -0.15) is 0 Å². The number of nitrogens with zero attached hydrogens (tertiary/aromatic N) is 1. The molecule has 1 heterocycles. The van der Waals surface area contributed by atoms with E-state index in [2.05, 4.69) is 0 Å². The zero-order chi connectivity index (χ0) is 14.8. The van der Waals surface area contributed by atoms with Gasteiger partial charge in [-0.3, -0.25) is 9.59 Å². The zero-order valence-corrected chi connectivity index (χ0v) is 11.5. The minimum atomic E-state index is -2.61. The van der Waals surface area contributed by atoms with Crippen molar-refractivity contribution in [3.63, 3.8) is 0 Å². The smallest absolute Gasteiger partial charge is 0.303 e. The molecule has 4 nitrogen and oxygen atoms in total. The van der Waals surface area contributed by atoms with Crippen molar-refractivity contribution in [1.82, 2.24) is 4.90 Å². The van der Waals surface area contributed by atoms with Gasteiger partial charge < -0.3 is 10.0 Å². The second-order valence-corrected chi connectivity index (χ2v) is 6.00. The summed E-state index contributed by atoms with van der Waals surface area (Å²) in [5, 5.41) is 8.74. The standard InChI is InChI=1S/C14H21F2NO3/c15-14(16)5-1-11(2-6-14)13(20)17-7-3-10(4-8-17)9-12(18)19/h10-11H,1-9H2,(H,18,19). The summed E-state index contributed by atoms with van der Waals surface area (Å²) in [5.74, 6) is -3.57. The number of carbonyl (C=O) groups excluding carboxylic acids is 1. The SMILES string of the molecule is O=C(O)CC1CCN(C(=O)C2CCC(F)(F)CC2)CC1. The normalized spacial score (nSPS) is 24.6. The molecule has 0 unspecified atom stereocenters. The van der Waals surface area contributed by atoms with Gasteiger partial charge in [-0.1, -0.05) is 0 Å². The number of amides is 1. The van der Waals surface area contributed by atoms with Gasteiger partial charge >= 0.3 is 5.97 Å². The Kier molecular flexibility index (Phi) is 4.60. The van der Waals surface area contributed by atoms with Crippen LogP contribution in [0.1, 0.15) is 44.9 Å². The molecular formula is C14H21F2NO3. The van der Waals surface area contributed by atoms with Gasteiger partial charge in [0, 0.05) is 38.3 Å². The van der Waals surface area contributed by atoms with Crippen LogP contribution in [0.15, 0.2) is 0 Å². The van der Waals surface area contributed by atoms with Gasteiger partial charge in [0.2, 0.25) is 11.8 Å². The maximum absolute atomic E-state index is 13.1. The van der Waals surface area contributed by atoms with Gasteiger partial charge in [-0.05, 0) is 31.6 Å². The highest BCUT2D eigenvalue weighted by Gasteiger charge is 2.39. The first kappa shape index (κ1) is 15.2. The molecule has 6 heteroatoms. The first-order chi connectivity index (χ1) is 9.37. The highest BCUT2D eigenvalue weighted by atomic mass is 19.3. The third-order valence-electron chi connectivity index (χ3n) is 4.46. The molecule has 2 rings (SSSR count). The molecular weight excluding hydrogens is 268 g/mol. The van der Waals surface area contributed by atoms with Crippen molar-refractivity contribution in [2.75, 3.05) is 13.1 Å². The van der Waals surface area contributed by atoms with Gasteiger partial charge in [-0.15, -0.1) is 0 Å². The Balaban J connectivity index is 1.79. The lowest BCUT2D eigenvalue weighted by Crippen LogP contribution is -2.43. The summed E-state index contributed by atoms with van der Waals surface area (Å²) in [7, 11) is 0. The number of carboxylic acids is 1. The molecule has 0 aromatic rings. The predicted molar refractivity (Wildman–Crippen MR) is 68.5 cm³/mol. The number of carbonyl (C=O) groups is 2. The number of hydrogen-bond acceptors (Lipinski definition) is 2. The molecule has 0 atom stereocenters. The lowest BCUT2D eigenvalue weighted by molar-refractivity contribution is -0.141. The zero-order valence-electron chi connectivity index (χ0n) is 11.5. The second-order valence-electron chi connectivity index (χ2n) is 6.00. The van der Waals surface area contributed by atoms with Crippen LogP contribution in [0, 0.1) is 11.8 Å². The van der Waals surface area contributed by atoms with Gasteiger partial charge in [0.25, 0.3) is 0 Å². The van der Waals surface area contributed by atoms with Crippen molar-refractivity contribution < 1.29 is 23.5 Å². The van der Waals surface area contributed by atoms with Crippen LogP contribution in [-0.4, -0.2) is 40.9 Å². The van der Waals surface area contributed by atoms with Crippen molar-refractivity contribution in [3.8, 4) is 0 Å². The van der Waals surface area contributed by atoms with E-state index >= 15 is 0 Å². The number of piperidine rings is 1. The molecule has 1 amide bonds. The molecule has 0 spiro atoms. The van der Waals surface area contributed by atoms with E-state index in [4.69, 9.17) is 5.11 Å². The molecule has 1 saturated carbocycles. The number of hydrogen-bond donors (Lipinski definition) is 1. The molecule has 1 N–H and O–H groups in total. The van der Waals surface area contributed by atoms with Crippen LogP contribution < -0.4 is 0 Å². The Morgan fingerprint density at radius 2 is 1.65 bits per heavy atom. The molecule has 20 heavy (non-hydrogen) atoms. The fraction of sp³-hybridized carbons (Fsp3) is 0.857. The Morgan fingerprint density at radius 1 is 1.10 bits per heavy atom. The largest absolute Gasteiger partial charge is 0.481 e. The van der Waals surface area contributed by atoms with E-state index in [-0.39, 0.29) is 49.8 Å². The average Bonchev–Trinajstić information content (AvgIpc) is 2.38. The number of likely N-dealkylation sites (tertiary alicyclic amines) is 1. The van der Waals surface area contributed by atoms with E-state index in [1.165, 1.54) is 0 Å². The lowest BCUT2D eigenvalue weighted by atomic mass is 9.85. The van der Waals surface area contributed by atoms with Crippen molar-refractivity contribution in [1.29, 1.82) is 0 Å². The van der Waals surface area contributed by atoms with E-state index in [0.29, 0.717) is 25.9 Å². The molecule has 0 bridgehead atoms. The molecule has 1 aliphatic carbocycles. The summed E-state index contributed by atoms with van der Waals surface area (Å²) in [4.78, 5) is 24.6. The number of halogens is 2. The lowest BCUT2D eigenvalue weighted by Gasteiger charge is -2.36. The van der Waals surface area contributed by atoms with Gasteiger partial charge in [-0.25, -0.2) is 8.78 Å². The van der Waals surface area contributed by atoms with Crippen LogP contribution in [0.4, 0.5) is 8.78 Å². The molecule has 1 aliphatic heterocycles. The number of rotatable bonds is 3. The quantitative estimate of drug-likeness (QED) is 0.868. The highest BCUT2D eigenvalue weighted by molar-refractivity contribution is 5.79. The monoisotopic (exact) mass is 289 g/mol. The molecule has 1 saturated heterocycles. The fourth-order valence-corrected chi connectivity index (χ4v) is 3.15. The summed E-state index contributed by atoms with van der Waals surface area (Å²) in [6.07, 6.45) is 1.68. The van der Waals surface area contributed by atoms with Crippen molar-refractivity contribution in [2.24, 2.45) is 11.8 Å². The van der Waals surface area contributed by atoms with E-state index in [1.807, 2.05) is 0 Å². The van der Waals surface area contributed by atoms with Crippen LogP contribution in [-0.2, 0) is 9.59 Å². The third kappa shape index (κ3) is 3.90. The van der Waals surface area contributed by atoms with Gasteiger partial charge in [0.05, 0.1) is 0 Å². The van der Waals surface area contributed by atoms with E-state index in [1.54, 1.807) is 4.90 Å². The van der Waals surface area contributed by atoms with E-state index in [0.717, 1.165) is 0 Å². The minimum absolute atomic E-state index is 0.0192. The molecule has 2 fully saturated rings. The Hall–Kier alpha value is -1.20. The van der Waals surface area contributed by atoms with Crippen LogP contribution in [0.25, 0.3) is 0 Å². The van der Waals surface area contributed by atoms with E-state index in [9.17, 15) is 18.4 Å². The highest BCUT2D eigenvalue weighted by Crippen LogP contribution is 2.37. The predicted octanol–water partition coefficient (Wildman–Crippen LogP) is 2.53. The Bertz CT molecular complexity index is 369. The van der Waals surface area contributed by atoms with E-state index < -0.39 is 11.9 Å². The molecule has 0 radical (unpaired) electrons. The Labute approximate surface area is 117 Å². The molecule has 114 valence electrons. The summed E-state index contributed by atoms with van der Waals surface area (Å²) in [5.41, 5.74) is 0. The van der Waals surface area contributed by atoms with Gasteiger partial charge in [0.15, 0.2) is 0 Å². The molecule has 0 aromatic carbocycles. The maximum Gasteiger partial charge on any atom is 0.303 e. The van der Waals surface area contributed by atoms with Crippen LogP contribution in [0.5, 0.6) is 0 Å². The van der Waals surface area contributed by atoms with Crippen LogP contribution >= 0.6 is 0 Å². The summed E-state index contributed by atoms with van der Waals surface area (Å²) >= 11 is 0. The van der Waals surface area contributed by atoms with Crippen molar-refractivity contribution >= 4 is 11.9 Å². The Morgan fingerprint density at radius 3 is 2.15 bits per heavy atom. The fourth-order valence-electron chi connectivity index (χ4n) is 3.15.